The third-order valence-electron chi connectivity index (χ3n) is 6.49. The van der Waals surface area contributed by atoms with Crippen molar-refractivity contribution in [2.24, 2.45) is 33.7 Å². The van der Waals surface area contributed by atoms with E-state index in [-0.39, 0.29) is 17.3 Å². The first-order valence-corrected chi connectivity index (χ1v) is 18.5. The van der Waals surface area contributed by atoms with Gasteiger partial charge in [0.05, 0.1) is 34.0 Å². The first-order chi connectivity index (χ1) is 26.3. The van der Waals surface area contributed by atoms with Crippen LogP contribution in [0.25, 0.3) is 0 Å². The highest BCUT2D eigenvalue weighted by molar-refractivity contribution is 7.99. The fourth-order valence-electron chi connectivity index (χ4n) is 4.13. The molecule has 18 heteroatoms. The van der Waals surface area contributed by atoms with Crippen LogP contribution < -0.4 is 55.3 Å². The minimum absolute atomic E-state index is 0.00552. The summed E-state index contributed by atoms with van der Waals surface area (Å²) in [5, 5.41) is 14.5. The molecule has 298 valence electrons. The van der Waals surface area contributed by atoms with Crippen LogP contribution in [-0.4, -0.2) is 99.9 Å². The van der Waals surface area contributed by atoms with E-state index in [0.717, 1.165) is 31.9 Å². The molecule has 2 aromatic carbocycles. The molecule has 1 heterocycles. The van der Waals surface area contributed by atoms with Crippen molar-refractivity contribution >= 4 is 64.9 Å². The molecule has 54 heavy (non-hydrogen) atoms. The number of para-hydroxylation sites is 2. The largest absolute Gasteiger partial charge is 0.390 e. The second-order valence-corrected chi connectivity index (χ2v) is 11.9. The minimum Gasteiger partial charge on any atom is -0.390 e. The molecular weight excluding hydrogens is 711 g/mol. The molecule has 3 rings (SSSR count). The highest BCUT2D eigenvalue weighted by atomic mass is 32.2. The van der Waals surface area contributed by atoms with Gasteiger partial charge in [0.25, 0.3) is 11.8 Å². The summed E-state index contributed by atoms with van der Waals surface area (Å²) in [6, 6.07) is 13.7. The number of carbonyl (C=O) groups is 4. The summed E-state index contributed by atoms with van der Waals surface area (Å²) in [6.45, 7) is 2.63. The summed E-state index contributed by atoms with van der Waals surface area (Å²) >= 11 is 1.41. The van der Waals surface area contributed by atoms with E-state index in [1.165, 1.54) is 31.2 Å². The molecule has 0 aliphatic carbocycles. The van der Waals surface area contributed by atoms with E-state index in [0.29, 0.717) is 85.4 Å². The van der Waals surface area contributed by atoms with Crippen molar-refractivity contribution in [3.05, 3.63) is 66.2 Å². The van der Waals surface area contributed by atoms with E-state index in [4.69, 9.17) is 22.9 Å². The summed E-state index contributed by atoms with van der Waals surface area (Å²) in [7, 11) is 5.25. The van der Waals surface area contributed by atoms with Gasteiger partial charge in [-0.1, -0.05) is 18.2 Å². The molecule has 0 saturated carbocycles. The average molecular weight is 770 g/mol. The van der Waals surface area contributed by atoms with Gasteiger partial charge >= 0.3 is 0 Å². The lowest BCUT2D eigenvalue weighted by atomic mass is 10.2. The van der Waals surface area contributed by atoms with Crippen molar-refractivity contribution in [3.63, 3.8) is 0 Å². The standard InChI is InChI=1S/C28H36N10O3S.C5H11NO.C2H7N.CH5N/c29-11-14-33-19-6-1-2-7-20(19)37-27(40)23-16-24(35-18-34-23)28(41)38-22-9-5-8-21(26(22)42-15-12-30)36-25(39)10-3-4-13-32-17-31;6-4-2-1-3-5-7;1-3-2;1-2/h1-2,5-9,16-18,33H,3-4,10-15,29-30H2,(H2,31,32)(H,36,39)(H,37,40)(H,38,41);5H,1-4,6H2;3H,1-2H3;2H2,1H3. The molecular formula is C36H59N13O4S. The zero-order chi connectivity index (χ0) is 40.4. The fourth-order valence-corrected chi connectivity index (χ4v) is 5.00. The summed E-state index contributed by atoms with van der Waals surface area (Å²) in [5.41, 5.74) is 28.5. The number of hydrogen-bond donors (Lipinski definition) is 10. The number of rotatable bonds is 20. The number of amides is 3. The van der Waals surface area contributed by atoms with Gasteiger partial charge in [-0.3, -0.25) is 19.4 Å². The van der Waals surface area contributed by atoms with Gasteiger partial charge in [-0.2, -0.15) is 0 Å². The lowest BCUT2D eigenvalue weighted by Crippen LogP contribution is -2.20. The number of nitrogens with one attached hydrogen (secondary N) is 5. The number of hydrogen-bond acceptors (Lipinski definition) is 14. The minimum atomic E-state index is -0.546. The second kappa shape index (κ2) is 32.7. The van der Waals surface area contributed by atoms with Crippen LogP contribution in [0.4, 0.5) is 22.7 Å². The monoisotopic (exact) mass is 769 g/mol. The van der Waals surface area contributed by atoms with Crippen LogP contribution in [0.5, 0.6) is 0 Å². The number of benzene rings is 2. The van der Waals surface area contributed by atoms with Crippen molar-refractivity contribution in [2.45, 2.75) is 43.4 Å². The zero-order valence-corrected chi connectivity index (χ0v) is 32.4. The van der Waals surface area contributed by atoms with Gasteiger partial charge < -0.3 is 60.0 Å². The van der Waals surface area contributed by atoms with Gasteiger partial charge in [-0.15, -0.1) is 11.8 Å². The van der Waals surface area contributed by atoms with Crippen molar-refractivity contribution in [1.82, 2.24) is 15.3 Å². The van der Waals surface area contributed by atoms with Crippen LogP contribution in [0.3, 0.4) is 0 Å². The highest BCUT2D eigenvalue weighted by Crippen LogP contribution is 2.35. The SMILES string of the molecule is CN.CNC.NC=NCCCCC(=O)Nc1cccc(NC(=O)c2cc(C(=O)Nc3ccccc3NCCN)ncn2)c1SCCN.NCCCCC=O. The van der Waals surface area contributed by atoms with Crippen molar-refractivity contribution in [3.8, 4) is 0 Å². The number of carbonyl (C=O) groups excluding carboxylic acids is 4. The van der Waals surface area contributed by atoms with Crippen LogP contribution in [0, 0.1) is 0 Å². The smallest absolute Gasteiger partial charge is 0.274 e. The lowest BCUT2D eigenvalue weighted by molar-refractivity contribution is -0.116. The Hall–Kier alpha value is -4.98. The Morgan fingerprint density at radius 2 is 1.37 bits per heavy atom. The maximum atomic E-state index is 13.2. The van der Waals surface area contributed by atoms with Crippen LogP contribution in [0.2, 0.25) is 0 Å². The van der Waals surface area contributed by atoms with E-state index < -0.39 is 11.8 Å². The van der Waals surface area contributed by atoms with Gasteiger partial charge in [-0.25, -0.2) is 9.97 Å². The Morgan fingerprint density at radius 1 is 0.778 bits per heavy atom. The number of nitrogens with zero attached hydrogens (tertiary/aromatic N) is 3. The van der Waals surface area contributed by atoms with E-state index in [1.807, 2.05) is 26.2 Å². The Kier molecular flexibility index (Phi) is 29.6. The molecule has 0 spiro atoms. The van der Waals surface area contributed by atoms with Crippen LogP contribution in [0.15, 0.2) is 64.7 Å². The molecule has 3 aromatic rings. The third kappa shape index (κ3) is 20.9. The Labute approximate surface area is 322 Å². The molecule has 0 bridgehead atoms. The predicted molar refractivity (Wildman–Crippen MR) is 222 cm³/mol. The first kappa shape index (κ1) is 49.0. The number of nitrogens with two attached hydrogens (primary N) is 5. The van der Waals surface area contributed by atoms with E-state index in [9.17, 15) is 19.2 Å². The molecule has 0 unspecified atom stereocenters. The highest BCUT2D eigenvalue weighted by Gasteiger charge is 2.18. The number of aldehydes is 1. The van der Waals surface area contributed by atoms with Crippen molar-refractivity contribution < 1.29 is 19.2 Å². The molecule has 0 radical (unpaired) electrons. The molecule has 0 aliphatic heterocycles. The summed E-state index contributed by atoms with van der Waals surface area (Å²) in [5.74, 6) is -0.648. The van der Waals surface area contributed by atoms with Crippen molar-refractivity contribution in [2.75, 3.05) is 80.9 Å². The average Bonchev–Trinajstić information content (AvgIpc) is 3.19. The number of anilines is 4. The van der Waals surface area contributed by atoms with Crippen LogP contribution in [0.1, 0.15) is 59.5 Å². The van der Waals surface area contributed by atoms with Gasteiger partial charge in [0.1, 0.15) is 24.0 Å². The van der Waals surface area contributed by atoms with Gasteiger partial charge in [0.15, 0.2) is 0 Å². The molecule has 1 aromatic heterocycles. The lowest BCUT2D eigenvalue weighted by Gasteiger charge is -2.16. The van der Waals surface area contributed by atoms with Gasteiger partial charge in [0.2, 0.25) is 5.91 Å². The molecule has 17 nitrogen and oxygen atoms in total. The number of unbranched alkanes of at least 4 members (excludes halogenated alkanes) is 3. The number of thioether (sulfide) groups is 1. The van der Waals surface area contributed by atoms with Crippen LogP contribution >= 0.6 is 11.8 Å². The number of aliphatic imine (C=N–C) groups is 1. The molecule has 0 saturated heterocycles. The quantitative estimate of drug-likeness (QED) is 0.0259. The second-order valence-electron chi connectivity index (χ2n) is 10.8. The van der Waals surface area contributed by atoms with Crippen LogP contribution in [-0.2, 0) is 9.59 Å². The maximum Gasteiger partial charge on any atom is 0.274 e. The molecule has 0 aliphatic rings. The fraction of sp³-hybridized carbons (Fsp3) is 0.417. The van der Waals surface area contributed by atoms with Gasteiger partial charge in [-0.05, 0) is 77.6 Å². The van der Waals surface area contributed by atoms with E-state index >= 15 is 0 Å². The maximum absolute atomic E-state index is 13.2. The Balaban J connectivity index is 0.00000204. The Morgan fingerprint density at radius 3 is 1.94 bits per heavy atom. The summed E-state index contributed by atoms with van der Waals surface area (Å²) < 4.78 is 0. The normalized spacial score (nSPS) is 9.98. The first-order valence-electron chi connectivity index (χ1n) is 17.5. The summed E-state index contributed by atoms with van der Waals surface area (Å²) in [4.78, 5) is 61.1. The van der Waals surface area contributed by atoms with Crippen molar-refractivity contribution in [1.29, 1.82) is 0 Å². The summed E-state index contributed by atoms with van der Waals surface area (Å²) in [6.07, 6.45) is 7.62. The molecule has 0 fully saturated rings. The zero-order valence-electron chi connectivity index (χ0n) is 31.6. The Bertz CT molecular complexity index is 1530. The van der Waals surface area contributed by atoms with E-state index in [1.54, 1.807) is 30.3 Å². The molecule has 0 atom stereocenters. The topological polar surface area (TPSA) is 297 Å². The van der Waals surface area contributed by atoms with E-state index in [2.05, 4.69) is 47.3 Å². The predicted octanol–water partition coefficient (Wildman–Crippen LogP) is 2.22. The third-order valence-corrected chi connectivity index (χ3v) is 7.66. The number of aromatic nitrogens is 2. The van der Waals surface area contributed by atoms with Gasteiger partial charge in [0, 0.05) is 50.8 Å². The molecule has 15 N–H and O–H groups in total. The molecule has 3 amide bonds.